The van der Waals surface area contributed by atoms with Crippen molar-refractivity contribution in [1.82, 2.24) is 4.31 Å². The highest BCUT2D eigenvalue weighted by molar-refractivity contribution is 7.89. The maximum Gasteiger partial charge on any atom is 0.340 e. The summed E-state index contributed by atoms with van der Waals surface area (Å²) < 4.78 is 32.3. The number of carbonyl (C=O) groups excluding carboxylic acids is 2. The standard InChI is InChI=1S/C19H18ClNO5S/c1-13(22)12-26-19(23)17-10-16(6-7-18(17)20)27(24,25)21-9-8-14-4-2-3-5-15(14)11-21/h2-7,10H,8-9,11-12H2,1H3. The Bertz CT molecular complexity index is 1000. The highest BCUT2D eigenvalue weighted by atomic mass is 35.5. The SMILES string of the molecule is CC(=O)COC(=O)c1cc(S(=O)(=O)N2CCc3ccccc3C2)ccc1Cl. The molecule has 0 atom stereocenters. The van der Waals surface area contributed by atoms with Crippen LogP contribution in [0.2, 0.25) is 5.02 Å². The van der Waals surface area contributed by atoms with E-state index in [1.165, 1.54) is 29.4 Å². The van der Waals surface area contributed by atoms with Crippen molar-refractivity contribution >= 4 is 33.4 Å². The Morgan fingerprint density at radius 2 is 1.85 bits per heavy atom. The van der Waals surface area contributed by atoms with E-state index in [0.717, 1.165) is 11.1 Å². The van der Waals surface area contributed by atoms with E-state index in [0.29, 0.717) is 13.0 Å². The molecule has 0 aliphatic carbocycles. The first-order valence-corrected chi connectivity index (χ1v) is 10.1. The number of benzene rings is 2. The van der Waals surface area contributed by atoms with Gasteiger partial charge in [-0.2, -0.15) is 4.31 Å². The van der Waals surface area contributed by atoms with Gasteiger partial charge >= 0.3 is 5.97 Å². The third-order valence-corrected chi connectivity index (χ3v) is 6.47. The van der Waals surface area contributed by atoms with Crippen LogP contribution in [0.3, 0.4) is 0 Å². The topological polar surface area (TPSA) is 80.8 Å². The van der Waals surface area contributed by atoms with Crippen LogP contribution in [-0.2, 0) is 32.5 Å². The molecule has 1 aliphatic heterocycles. The molecule has 0 radical (unpaired) electrons. The molecule has 2 aromatic rings. The lowest BCUT2D eigenvalue weighted by atomic mass is 10.0. The minimum atomic E-state index is -3.81. The average molecular weight is 408 g/mol. The molecule has 1 aliphatic rings. The van der Waals surface area contributed by atoms with Gasteiger partial charge in [0.2, 0.25) is 10.0 Å². The molecule has 142 valence electrons. The Labute approximate surface area is 162 Å². The van der Waals surface area contributed by atoms with Crippen molar-refractivity contribution in [2.75, 3.05) is 13.2 Å². The molecule has 0 aromatic heterocycles. The summed E-state index contributed by atoms with van der Waals surface area (Å²) in [5, 5.41) is 0.0616. The zero-order valence-electron chi connectivity index (χ0n) is 14.6. The maximum atomic E-state index is 13.0. The number of fused-ring (bicyclic) bond motifs is 1. The van der Waals surface area contributed by atoms with Crippen LogP contribution in [0, 0.1) is 0 Å². The first-order chi connectivity index (χ1) is 12.8. The molecule has 2 aromatic carbocycles. The van der Waals surface area contributed by atoms with Gasteiger partial charge in [0.15, 0.2) is 5.78 Å². The van der Waals surface area contributed by atoms with E-state index in [9.17, 15) is 18.0 Å². The quantitative estimate of drug-likeness (QED) is 0.712. The summed E-state index contributed by atoms with van der Waals surface area (Å²) in [4.78, 5) is 23.1. The summed E-state index contributed by atoms with van der Waals surface area (Å²) in [5.74, 6) is -1.16. The third kappa shape index (κ3) is 4.21. The number of ether oxygens (including phenoxy) is 1. The van der Waals surface area contributed by atoms with E-state index >= 15 is 0 Å². The Balaban J connectivity index is 1.88. The number of Topliss-reactive ketones (excluding diaryl/α,β-unsaturated/α-hetero) is 1. The van der Waals surface area contributed by atoms with Gasteiger partial charge in [-0.25, -0.2) is 13.2 Å². The lowest BCUT2D eigenvalue weighted by Gasteiger charge is -2.28. The largest absolute Gasteiger partial charge is 0.454 e. The molecule has 0 N–H and O–H groups in total. The van der Waals surface area contributed by atoms with Gasteiger partial charge in [-0.1, -0.05) is 35.9 Å². The van der Waals surface area contributed by atoms with Crippen molar-refractivity contribution < 1.29 is 22.7 Å². The van der Waals surface area contributed by atoms with E-state index in [1.807, 2.05) is 24.3 Å². The summed E-state index contributed by atoms with van der Waals surface area (Å²) in [6.07, 6.45) is 0.622. The Hall–Kier alpha value is -2.22. The monoisotopic (exact) mass is 407 g/mol. The van der Waals surface area contributed by atoms with Crippen LogP contribution in [0.25, 0.3) is 0 Å². The first-order valence-electron chi connectivity index (χ1n) is 8.32. The van der Waals surface area contributed by atoms with Crippen LogP contribution in [0.15, 0.2) is 47.4 Å². The number of rotatable bonds is 5. The number of nitrogens with zero attached hydrogens (tertiary/aromatic N) is 1. The molecular weight excluding hydrogens is 390 g/mol. The number of ketones is 1. The number of halogens is 1. The molecule has 6 nitrogen and oxygen atoms in total. The van der Waals surface area contributed by atoms with Crippen LogP contribution >= 0.6 is 11.6 Å². The van der Waals surface area contributed by atoms with Crippen molar-refractivity contribution in [2.24, 2.45) is 0 Å². The summed E-state index contributed by atoms with van der Waals surface area (Å²) in [7, 11) is -3.81. The second-order valence-corrected chi connectivity index (χ2v) is 8.62. The molecule has 3 rings (SSSR count). The molecule has 0 fully saturated rings. The molecular formula is C19H18ClNO5S. The van der Waals surface area contributed by atoms with E-state index in [1.54, 1.807) is 0 Å². The lowest BCUT2D eigenvalue weighted by Crippen LogP contribution is -2.36. The highest BCUT2D eigenvalue weighted by Gasteiger charge is 2.29. The molecule has 0 spiro atoms. The minimum absolute atomic E-state index is 0.0407. The fourth-order valence-electron chi connectivity index (χ4n) is 2.89. The van der Waals surface area contributed by atoms with Gasteiger partial charge in [-0.05, 0) is 42.7 Å². The molecule has 1 heterocycles. The number of carbonyl (C=O) groups is 2. The second kappa shape index (κ2) is 7.80. The van der Waals surface area contributed by atoms with Gasteiger partial charge in [0.05, 0.1) is 15.5 Å². The third-order valence-electron chi connectivity index (χ3n) is 4.30. The van der Waals surface area contributed by atoms with Gasteiger partial charge in [0.25, 0.3) is 0 Å². The predicted molar refractivity (Wildman–Crippen MR) is 100 cm³/mol. The average Bonchev–Trinajstić information content (AvgIpc) is 2.65. The van der Waals surface area contributed by atoms with E-state index < -0.39 is 22.6 Å². The highest BCUT2D eigenvalue weighted by Crippen LogP contribution is 2.27. The van der Waals surface area contributed by atoms with Crippen molar-refractivity contribution in [3.63, 3.8) is 0 Å². The van der Waals surface area contributed by atoms with Crippen LogP contribution in [0.5, 0.6) is 0 Å². The van der Waals surface area contributed by atoms with Crippen LogP contribution < -0.4 is 0 Å². The minimum Gasteiger partial charge on any atom is -0.454 e. The summed E-state index contributed by atoms with van der Waals surface area (Å²) in [6.45, 7) is 1.51. The Kier molecular flexibility index (Phi) is 5.64. The maximum absolute atomic E-state index is 13.0. The van der Waals surface area contributed by atoms with Crippen molar-refractivity contribution in [3.8, 4) is 0 Å². The molecule has 0 saturated carbocycles. The van der Waals surface area contributed by atoms with Gasteiger partial charge in [0, 0.05) is 13.1 Å². The van der Waals surface area contributed by atoms with E-state index in [2.05, 4.69) is 0 Å². The number of hydrogen-bond acceptors (Lipinski definition) is 5. The number of hydrogen-bond donors (Lipinski definition) is 0. The number of esters is 1. The van der Waals surface area contributed by atoms with Crippen molar-refractivity contribution in [3.05, 3.63) is 64.2 Å². The van der Waals surface area contributed by atoms with E-state index in [4.69, 9.17) is 16.3 Å². The zero-order valence-corrected chi connectivity index (χ0v) is 16.2. The smallest absolute Gasteiger partial charge is 0.340 e. The van der Waals surface area contributed by atoms with Crippen molar-refractivity contribution in [2.45, 2.75) is 24.8 Å². The molecule has 0 bridgehead atoms. The second-order valence-electron chi connectivity index (χ2n) is 6.28. The molecule has 27 heavy (non-hydrogen) atoms. The van der Waals surface area contributed by atoms with Crippen molar-refractivity contribution in [1.29, 1.82) is 0 Å². The lowest BCUT2D eigenvalue weighted by molar-refractivity contribution is -0.120. The fourth-order valence-corrected chi connectivity index (χ4v) is 4.53. The van der Waals surface area contributed by atoms with E-state index in [-0.39, 0.29) is 27.8 Å². The molecule has 0 unspecified atom stereocenters. The first kappa shape index (κ1) is 19.5. The molecule has 0 amide bonds. The zero-order chi connectivity index (χ0) is 19.6. The van der Waals surface area contributed by atoms with Crippen LogP contribution in [0.4, 0.5) is 0 Å². The van der Waals surface area contributed by atoms with Crippen LogP contribution in [-0.4, -0.2) is 37.6 Å². The predicted octanol–water partition coefficient (Wildman–Crippen LogP) is 2.83. The van der Waals surface area contributed by atoms with Gasteiger partial charge in [-0.3, -0.25) is 4.79 Å². The Morgan fingerprint density at radius 3 is 2.56 bits per heavy atom. The molecule has 0 saturated heterocycles. The Morgan fingerprint density at radius 1 is 1.15 bits per heavy atom. The van der Waals surface area contributed by atoms with Gasteiger partial charge < -0.3 is 4.74 Å². The summed E-state index contributed by atoms with van der Waals surface area (Å²) >= 11 is 6.02. The summed E-state index contributed by atoms with van der Waals surface area (Å²) in [6, 6.07) is 11.6. The van der Waals surface area contributed by atoms with Gasteiger partial charge in [-0.15, -0.1) is 0 Å². The summed E-state index contributed by atoms with van der Waals surface area (Å²) in [5.41, 5.74) is 2.01. The van der Waals surface area contributed by atoms with Gasteiger partial charge in [0.1, 0.15) is 6.61 Å². The van der Waals surface area contributed by atoms with Crippen LogP contribution in [0.1, 0.15) is 28.4 Å². The number of sulfonamides is 1. The molecule has 8 heteroatoms. The fraction of sp³-hybridized carbons (Fsp3) is 0.263. The normalized spacial score (nSPS) is 14.4.